The minimum absolute atomic E-state index is 0.423. The summed E-state index contributed by atoms with van der Waals surface area (Å²) in [6, 6.07) is 5.87. The van der Waals surface area contributed by atoms with E-state index in [4.69, 9.17) is 5.11 Å². The molecule has 0 spiro atoms. The van der Waals surface area contributed by atoms with Crippen molar-refractivity contribution in [2.45, 2.75) is 26.7 Å². The zero-order valence-corrected chi connectivity index (χ0v) is 10.6. The van der Waals surface area contributed by atoms with E-state index < -0.39 is 11.9 Å². The third kappa shape index (κ3) is 3.73. The van der Waals surface area contributed by atoms with Crippen LogP contribution in [0.3, 0.4) is 0 Å². The van der Waals surface area contributed by atoms with Crippen molar-refractivity contribution in [1.29, 1.82) is 0 Å². The van der Waals surface area contributed by atoms with E-state index in [1.165, 1.54) is 0 Å². The molecule has 18 heavy (non-hydrogen) atoms. The molecule has 0 fully saturated rings. The number of carbonyl (C=O) groups is 2. The molecular formula is C14H17NO3. The summed E-state index contributed by atoms with van der Waals surface area (Å²) in [6.07, 6.45) is 3.47. The summed E-state index contributed by atoms with van der Waals surface area (Å²) >= 11 is 0. The maximum Gasteiger partial charge on any atom is 0.328 e. The van der Waals surface area contributed by atoms with Gasteiger partial charge in [-0.1, -0.05) is 32.0 Å². The van der Waals surface area contributed by atoms with Gasteiger partial charge in [-0.3, -0.25) is 4.79 Å². The topological polar surface area (TPSA) is 66.4 Å². The van der Waals surface area contributed by atoms with Crippen LogP contribution >= 0.6 is 0 Å². The lowest BCUT2D eigenvalue weighted by molar-refractivity contribution is -0.131. The van der Waals surface area contributed by atoms with Crippen molar-refractivity contribution < 1.29 is 14.7 Å². The average molecular weight is 247 g/mol. The third-order valence-electron chi connectivity index (χ3n) is 2.62. The summed E-state index contributed by atoms with van der Waals surface area (Å²) in [7, 11) is 0. The van der Waals surface area contributed by atoms with Crippen LogP contribution in [0.4, 0.5) is 5.69 Å². The second-order valence-corrected chi connectivity index (χ2v) is 3.82. The maximum atomic E-state index is 11.6. The van der Waals surface area contributed by atoms with Gasteiger partial charge in [-0.2, -0.15) is 0 Å². The van der Waals surface area contributed by atoms with Crippen LogP contribution in [0.25, 0.3) is 0 Å². The fraction of sp³-hybridized carbons (Fsp3) is 0.286. The van der Waals surface area contributed by atoms with E-state index in [2.05, 4.69) is 5.32 Å². The zero-order valence-electron chi connectivity index (χ0n) is 10.6. The molecule has 0 aromatic heterocycles. The Kier molecular flexibility index (Phi) is 5.11. The number of aryl methyl sites for hydroxylation is 2. The average Bonchev–Trinajstić information content (AvgIpc) is 2.36. The van der Waals surface area contributed by atoms with Crippen molar-refractivity contribution in [3.05, 3.63) is 41.5 Å². The van der Waals surface area contributed by atoms with Crippen LogP contribution < -0.4 is 5.32 Å². The molecule has 1 aromatic rings. The molecule has 96 valence electrons. The summed E-state index contributed by atoms with van der Waals surface area (Å²) in [5.41, 5.74) is 2.89. The Labute approximate surface area is 106 Å². The highest BCUT2D eigenvalue weighted by atomic mass is 16.4. The van der Waals surface area contributed by atoms with Crippen molar-refractivity contribution in [2.75, 3.05) is 5.32 Å². The van der Waals surface area contributed by atoms with Crippen LogP contribution in [0.5, 0.6) is 0 Å². The Morgan fingerprint density at radius 1 is 1.17 bits per heavy atom. The number of carboxylic acids is 1. The number of hydrogen-bond acceptors (Lipinski definition) is 2. The van der Waals surface area contributed by atoms with Gasteiger partial charge in [0.2, 0.25) is 5.91 Å². The molecule has 0 aliphatic rings. The predicted octanol–water partition coefficient (Wildman–Crippen LogP) is 2.39. The van der Waals surface area contributed by atoms with E-state index >= 15 is 0 Å². The van der Waals surface area contributed by atoms with E-state index in [0.29, 0.717) is 0 Å². The molecule has 0 saturated carbocycles. The maximum absolute atomic E-state index is 11.6. The summed E-state index contributed by atoms with van der Waals surface area (Å²) < 4.78 is 0. The summed E-state index contributed by atoms with van der Waals surface area (Å²) in [5, 5.41) is 11.2. The number of nitrogens with one attached hydrogen (secondary N) is 1. The van der Waals surface area contributed by atoms with Gasteiger partial charge in [0.25, 0.3) is 0 Å². The van der Waals surface area contributed by atoms with Crippen LogP contribution in [-0.2, 0) is 22.4 Å². The number of carboxylic acid groups (broad SMARTS) is 1. The molecule has 2 N–H and O–H groups in total. The molecule has 0 heterocycles. The minimum Gasteiger partial charge on any atom is -0.478 e. The molecule has 1 rings (SSSR count). The number of aliphatic carboxylic acids is 1. The number of benzene rings is 1. The molecule has 0 aliphatic carbocycles. The van der Waals surface area contributed by atoms with Gasteiger partial charge in [0.15, 0.2) is 0 Å². The van der Waals surface area contributed by atoms with E-state index in [1.54, 1.807) is 0 Å². The standard InChI is InChI=1S/C14H17NO3/c1-3-10-6-5-7-11(4-2)14(10)15-12(16)8-9-13(17)18/h5-9H,3-4H2,1-2H3,(H,15,16)(H,17,18)/b9-8+. The van der Waals surface area contributed by atoms with Crippen molar-refractivity contribution in [1.82, 2.24) is 0 Å². The Morgan fingerprint density at radius 2 is 1.72 bits per heavy atom. The van der Waals surface area contributed by atoms with Gasteiger partial charge in [0, 0.05) is 17.8 Å². The molecule has 0 bridgehead atoms. The lowest BCUT2D eigenvalue weighted by atomic mass is 10.0. The first-order valence-electron chi connectivity index (χ1n) is 5.91. The van der Waals surface area contributed by atoms with Gasteiger partial charge >= 0.3 is 5.97 Å². The largest absolute Gasteiger partial charge is 0.478 e. The van der Waals surface area contributed by atoms with Crippen LogP contribution in [0.1, 0.15) is 25.0 Å². The van der Waals surface area contributed by atoms with E-state index in [1.807, 2.05) is 32.0 Å². The monoisotopic (exact) mass is 247 g/mol. The highest BCUT2D eigenvalue weighted by Crippen LogP contribution is 2.22. The van der Waals surface area contributed by atoms with Gasteiger partial charge in [-0.05, 0) is 24.0 Å². The number of rotatable bonds is 5. The third-order valence-corrected chi connectivity index (χ3v) is 2.62. The fourth-order valence-electron chi connectivity index (χ4n) is 1.71. The second-order valence-electron chi connectivity index (χ2n) is 3.82. The first-order valence-corrected chi connectivity index (χ1v) is 5.91. The molecular weight excluding hydrogens is 230 g/mol. The molecule has 1 aromatic carbocycles. The Morgan fingerprint density at radius 3 is 2.17 bits per heavy atom. The Hall–Kier alpha value is -2.10. The second kappa shape index (κ2) is 6.59. The molecule has 0 unspecified atom stereocenters. The molecule has 0 aliphatic heterocycles. The quantitative estimate of drug-likeness (QED) is 0.785. The molecule has 1 amide bonds. The van der Waals surface area contributed by atoms with Gasteiger partial charge in [-0.25, -0.2) is 4.79 Å². The first kappa shape index (κ1) is 14.0. The molecule has 0 radical (unpaired) electrons. The lowest BCUT2D eigenvalue weighted by Gasteiger charge is -2.13. The predicted molar refractivity (Wildman–Crippen MR) is 70.6 cm³/mol. The number of hydrogen-bond donors (Lipinski definition) is 2. The summed E-state index contributed by atoms with van der Waals surface area (Å²) in [4.78, 5) is 21.9. The van der Waals surface area contributed by atoms with Crippen molar-refractivity contribution in [2.24, 2.45) is 0 Å². The molecule has 0 atom stereocenters. The van der Waals surface area contributed by atoms with Crippen molar-refractivity contribution in [3.8, 4) is 0 Å². The van der Waals surface area contributed by atoms with E-state index in [-0.39, 0.29) is 0 Å². The molecule has 4 heteroatoms. The van der Waals surface area contributed by atoms with Gasteiger partial charge in [0.05, 0.1) is 0 Å². The Balaban J connectivity index is 2.95. The SMILES string of the molecule is CCc1cccc(CC)c1NC(=O)/C=C/C(=O)O. The summed E-state index contributed by atoms with van der Waals surface area (Å²) in [5.74, 6) is -1.56. The van der Waals surface area contributed by atoms with Crippen molar-refractivity contribution in [3.63, 3.8) is 0 Å². The number of carbonyl (C=O) groups excluding carboxylic acids is 1. The highest BCUT2D eigenvalue weighted by Gasteiger charge is 2.08. The lowest BCUT2D eigenvalue weighted by Crippen LogP contribution is -2.12. The van der Waals surface area contributed by atoms with E-state index in [9.17, 15) is 9.59 Å². The van der Waals surface area contributed by atoms with Crippen LogP contribution in [-0.4, -0.2) is 17.0 Å². The highest BCUT2D eigenvalue weighted by molar-refractivity contribution is 6.03. The summed E-state index contributed by atoms with van der Waals surface area (Å²) in [6.45, 7) is 4.02. The number of para-hydroxylation sites is 1. The van der Waals surface area contributed by atoms with Gasteiger partial charge in [0.1, 0.15) is 0 Å². The van der Waals surface area contributed by atoms with Crippen molar-refractivity contribution >= 4 is 17.6 Å². The molecule has 0 saturated heterocycles. The normalized spacial score (nSPS) is 10.6. The first-order chi connectivity index (χ1) is 8.58. The number of anilines is 1. The Bertz CT molecular complexity index is 456. The zero-order chi connectivity index (χ0) is 13.5. The van der Waals surface area contributed by atoms with Crippen LogP contribution in [0, 0.1) is 0 Å². The van der Waals surface area contributed by atoms with Crippen LogP contribution in [0.2, 0.25) is 0 Å². The minimum atomic E-state index is -1.13. The smallest absolute Gasteiger partial charge is 0.328 e. The van der Waals surface area contributed by atoms with E-state index in [0.717, 1.165) is 41.8 Å². The van der Waals surface area contributed by atoms with Gasteiger partial charge < -0.3 is 10.4 Å². The molecule has 4 nitrogen and oxygen atoms in total. The van der Waals surface area contributed by atoms with Gasteiger partial charge in [-0.15, -0.1) is 0 Å². The fourth-order valence-corrected chi connectivity index (χ4v) is 1.71. The van der Waals surface area contributed by atoms with Crippen LogP contribution in [0.15, 0.2) is 30.4 Å². The number of amides is 1.